The van der Waals surface area contributed by atoms with Crippen molar-refractivity contribution < 1.29 is 19.1 Å². The van der Waals surface area contributed by atoms with Crippen LogP contribution in [0.25, 0.3) is 0 Å². The minimum Gasteiger partial charge on any atom is -0.467 e. The van der Waals surface area contributed by atoms with Crippen LogP contribution in [0.3, 0.4) is 0 Å². The number of carbonyl (C=O) groups is 3. The molecular weight excluding hydrogens is 320 g/mol. The van der Waals surface area contributed by atoms with E-state index in [9.17, 15) is 14.4 Å². The lowest BCUT2D eigenvalue weighted by Gasteiger charge is -2.21. The molecule has 2 N–H and O–H groups in total. The topological polar surface area (TPSA) is 84.5 Å². The number of amides is 2. The lowest BCUT2D eigenvalue weighted by Crippen LogP contribution is -2.50. The van der Waals surface area contributed by atoms with Gasteiger partial charge in [0.05, 0.1) is 7.11 Å². The van der Waals surface area contributed by atoms with Gasteiger partial charge in [0, 0.05) is 12.8 Å². The number of rotatable bonds is 5. The average Bonchev–Trinajstić information content (AvgIpc) is 2.99. The fourth-order valence-electron chi connectivity index (χ4n) is 2.80. The molecule has 6 heteroatoms. The smallest absolute Gasteiger partial charge is 0.328 e. The molecule has 1 aromatic rings. The number of carbonyl (C=O) groups excluding carboxylic acids is 3. The zero-order valence-corrected chi connectivity index (χ0v) is 15.2. The summed E-state index contributed by atoms with van der Waals surface area (Å²) >= 11 is 0. The van der Waals surface area contributed by atoms with Crippen LogP contribution in [0.15, 0.2) is 24.3 Å². The Morgan fingerprint density at radius 3 is 2.40 bits per heavy atom. The molecule has 0 aliphatic carbocycles. The van der Waals surface area contributed by atoms with Crippen molar-refractivity contribution in [3.8, 4) is 0 Å². The molecule has 25 heavy (non-hydrogen) atoms. The summed E-state index contributed by atoms with van der Waals surface area (Å²) in [5.74, 6) is -1.00. The Hall–Kier alpha value is -2.37. The fourth-order valence-corrected chi connectivity index (χ4v) is 2.80. The van der Waals surface area contributed by atoms with Crippen LogP contribution in [0, 0.1) is 0 Å². The number of hydrogen-bond donors (Lipinski definition) is 2. The van der Waals surface area contributed by atoms with E-state index in [1.165, 1.54) is 12.7 Å². The molecule has 0 saturated carbocycles. The molecular formula is C19H26N2O4. The van der Waals surface area contributed by atoms with Crippen molar-refractivity contribution in [2.45, 2.75) is 57.5 Å². The Balaban J connectivity index is 2.06. The van der Waals surface area contributed by atoms with Gasteiger partial charge in [0.1, 0.15) is 12.1 Å². The highest BCUT2D eigenvalue weighted by molar-refractivity contribution is 5.93. The van der Waals surface area contributed by atoms with Gasteiger partial charge in [-0.3, -0.25) is 9.59 Å². The molecule has 2 atom stereocenters. The van der Waals surface area contributed by atoms with Gasteiger partial charge in [0.15, 0.2) is 0 Å². The van der Waals surface area contributed by atoms with E-state index in [0.717, 1.165) is 5.56 Å². The Kier molecular flexibility index (Phi) is 5.82. The molecule has 1 heterocycles. The molecule has 1 saturated heterocycles. The molecule has 2 amide bonds. The van der Waals surface area contributed by atoms with E-state index in [0.29, 0.717) is 19.3 Å². The Morgan fingerprint density at radius 2 is 1.92 bits per heavy atom. The molecule has 1 aromatic carbocycles. The van der Waals surface area contributed by atoms with Crippen LogP contribution in [0.1, 0.15) is 44.7 Å². The predicted octanol–water partition coefficient (Wildman–Crippen LogP) is 1.46. The van der Waals surface area contributed by atoms with Gasteiger partial charge in [-0.2, -0.15) is 0 Å². The first-order valence-electron chi connectivity index (χ1n) is 8.47. The SMILES string of the molecule is COC(=O)[C@@H](Cc1ccc(C(C)(C)C)cc1)NC(=O)[C@@H]1CCC(=O)N1. The summed E-state index contributed by atoms with van der Waals surface area (Å²) in [6.45, 7) is 6.40. The molecule has 1 aliphatic rings. The van der Waals surface area contributed by atoms with E-state index < -0.39 is 18.1 Å². The molecule has 0 radical (unpaired) electrons. The highest BCUT2D eigenvalue weighted by Gasteiger charge is 2.31. The maximum atomic E-state index is 12.3. The number of ether oxygens (including phenoxy) is 1. The third-order valence-corrected chi connectivity index (χ3v) is 4.37. The van der Waals surface area contributed by atoms with Gasteiger partial charge in [-0.15, -0.1) is 0 Å². The molecule has 1 aliphatic heterocycles. The van der Waals surface area contributed by atoms with E-state index in [2.05, 4.69) is 31.4 Å². The average molecular weight is 346 g/mol. The number of methoxy groups -OCH3 is 1. The minimum atomic E-state index is -0.782. The summed E-state index contributed by atoms with van der Waals surface area (Å²) < 4.78 is 4.81. The standard InChI is InChI=1S/C19H26N2O4/c1-19(2,3)13-7-5-12(6-8-13)11-15(18(24)25-4)21-17(23)14-9-10-16(22)20-14/h5-8,14-15H,9-11H2,1-4H3,(H,20,22)(H,21,23)/t14-,15+/m0/s1. The molecule has 0 bridgehead atoms. The van der Waals surface area contributed by atoms with Gasteiger partial charge in [-0.05, 0) is 23.0 Å². The second-order valence-electron chi connectivity index (χ2n) is 7.39. The van der Waals surface area contributed by atoms with Crippen LogP contribution in [0.5, 0.6) is 0 Å². The van der Waals surface area contributed by atoms with Crippen molar-refractivity contribution in [2.75, 3.05) is 7.11 Å². The number of hydrogen-bond acceptors (Lipinski definition) is 4. The summed E-state index contributed by atoms with van der Waals surface area (Å²) in [5.41, 5.74) is 2.18. The fraction of sp³-hybridized carbons (Fsp3) is 0.526. The van der Waals surface area contributed by atoms with Crippen molar-refractivity contribution >= 4 is 17.8 Å². The molecule has 0 spiro atoms. The zero-order valence-electron chi connectivity index (χ0n) is 15.2. The van der Waals surface area contributed by atoms with E-state index >= 15 is 0 Å². The zero-order chi connectivity index (χ0) is 18.6. The highest BCUT2D eigenvalue weighted by Crippen LogP contribution is 2.22. The lowest BCUT2D eigenvalue weighted by atomic mass is 9.86. The second-order valence-corrected chi connectivity index (χ2v) is 7.39. The first-order valence-corrected chi connectivity index (χ1v) is 8.47. The molecule has 1 fully saturated rings. The van der Waals surface area contributed by atoms with Gasteiger partial charge in [0.2, 0.25) is 11.8 Å². The van der Waals surface area contributed by atoms with Crippen molar-refractivity contribution in [1.82, 2.24) is 10.6 Å². The summed E-state index contributed by atoms with van der Waals surface area (Å²) in [6, 6.07) is 6.62. The van der Waals surface area contributed by atoms with Gasteiger partial charge >= 0.3 is 5.97 Å². The van der Waals surface area contributed by atoms with Gasteiger partial charge < -0.3 is 15.4 Å². The van der Waals surface area contributed by atoms with Crippen LogP contribution < -0.4 is 10.6 Å². The Labute approximate surface area is 148 Å². The molecule has 0 unspecified atom stereocenters. The Bertz CT molecular complexity index is 646. The number of benzene rings is 1. The Morgan fingerprint density at radius 1 is 1.28 bits per heavy atom. The highest BCUT2D eigenvalue weighted by atomic mass is 16.5. The van der Waals surface area contributed by atoms with Crippen molar-refractivity contribution in [3.05, 3.63) is 35.4 Å². The van der Waals surface area contributed by atoms with Gasteiger partial charge in [-0.1, -0.05) is 45.0 Å². The van der Waals surface area contributed by atoms with Crippen LogP contribution in [0.2, 0.25) is 0 Å². The van der Waals surface area contributed by atoms with E-state index in [4.69, 9.17) is 4.74 Å². The normalized spacial score (nSPS) is 18.4. The summed E-state index contributed by atoms with van der Waals surface area (Å²) in [4.78, 5) is 35.6. The lowest BCUT2D eigenvalue weighted by molar-refractivity contribution is -0.145. The number of esters is 1. The van der Waals surface area contributed by atoms with Crippen LogP contribution in [-0.4, -0.2) is 37.0 Å². The minimum absolute atomic E-state index is 0.0508. The van der Waals surface area contributed by atoms with Crippen LogP contribution in [-0.2, 0) is 31.0 Å². The molecule has 136 valence electrons. The molecule has 0 aromatic heterocycles. The quantitative estimate of drug-likeness (QED) is 0.791. The van der Waals surface area contributed by atoms with Crippen molar-refractivity contribution in [3.63, 3.8) is 0 Å². The molecule has 2 rings (SSSR count). The van der Waals surface area contributed by atoms with Crippen LogP contribution in [0.4, 0.5) is 0 Å². The monoisotopic (exact) mass is 346 g/mol. The van der Waals surface area contributed by atoms with Crippen molar-refractivity contribution in [1.29, 1.82) is 0 Å². The van der Waals surface area contributed by atoms with E-state index in [1.54, 1.807) is 0 Å². The summed E-state index contributed by atoms with van der Waals surface area (Å²) in [5, 5.41) is 5.30. The first kappa shape index (κ1) is 19.0. The first-order chi connectivity index (χ1) is 11.7. The third-order valence-electron chi connectivity index (χ3n) is 4.37. The van der Waals surface area contributed by atoms with Crippen LogP contribution >= 0.6 is 0 Å². The van der Waals surface area contributed by atoms with Gasteiger partial charge in [0.25, 0.3) is 0 Å². The largest absolute Gasteiger partial charge is 0.467 e. The molecule has 6 nitrogen and oxygen atoms in total. The summed E-state index contributed by atoms with van der Waals surface area (Å²) in [7, 11) is 1.29. The second kappa shape index (κ2) is 7.68. The van der Waals surface area contributed by atoms with E-state index in [-0.39, 0.29) is 17.2 Å². The maximum Gasteiger partial charge on any atom is 0.328 e. The third kappa shape index (κ3) is 5.05. The maximum absolute atomic E-state index is 12.3. The summed E-state index contributed by atoms with van der Waals surface area (Å²) in [6.07, 6.45) is 1.11. The van der Waals surface area contributed by atoms with Gasteiger partial charge in [-0.25, -0.2) is 4.79 Å². The van der Waals surface area contributed by atoms with Crippen molar-refractivity contribution in [2.24, 2.45) is 0 Å². The van der Waals surface area contributed by atoms with E-state index in [1.807, 2.05) is 24.3 Å². The number of nitrogens with one attached hydrogen (secondary N) is 2. The predicted molar refractivity (Wildman–Crippen MR) is 94.0 cm³/mol.